The predicted molar refractivity (Wildman–Crippen MR) is 52.4 cm³/mol. The molecule has 1 saturated carbocycles. The first kappa shape index (κ1) is 10.3. The van der Waals surface area contributed by atoms with Crippen molar-refractivity contribution in [2.45, 2.75) is 33.1 Å². The summed E-state index contributed by atoms with van der Waals surface area (Å²) in [5, 5.41) is 8.82. The number of hydrogen-bond acceptors (Lipinski definition) is 1. The van der Waals surface area contributed by atoms with Crippen LogP contribution in [-0.2, 0) is 4.79 Å². The van der Waals surface area contributed by atoms with E-state index in [1.165, 1.54) is 5.57 Å². The molecule has 1 rings (SSSR count). The number of rotatable bonds is 3. The zero-order valence-electron chi connectivity index (χ0n) is 8.42. The second-order valence-corrected chi connectivity index (χ2v) is 4.27. The highest BCUT2D eigenvalue weighted by atomic mass is 16.4. The van der Waals surface area contributed by atoms with Crippen LogP contribution in [0.3, 0.4) is 0 Å². The van der Waals surface area contributed by atoms with Crippen molar-refractivity contribution >= 4 is 5.97 Å². The Balaban J connectivity index is 2.50. The van der Waals surface area contributed by atoms with Crippen LogP contribution in [0.5, 0.6) is 0 Å². The van der Waals surface area contributed by atoms with Gasteiger partial charge >= 0.3 is 5.97 Å². The standard InChI is InChI=1S/C11H18O2/c1-7(2)8(3)9-4-5-10(6-9)11(12)13/h7,9-10H,3-6H2,1-2H3,(H,12,13). The minimum atomic E-state index is -0.640. The third-order valence-electron chi connectivity index (χ3n) is 3.05. The fourth-order valence-corrected chi connectivity index (χ4v) is 2.01. The lowest BCUT2D eigenvalue weighted by atomic mass is 9.89. The highest BCUT2D eigenvalue weighted by Crippen LogP contribution is 2.37. The third kappa shape index (κ3) is 2.33. The first-order valence-corrected chi connectivity index (χ1v) is 4.94. The molecule has 0 aromatic carbocycles. The van der Waals surface area contributed by atoms with Crippen LogP contribution in [0.1, 0.15) is 33.1 Å². The molecule has 0 aromatic rings. The molecule has 0 aliphatic heterocycles. The van der Waals surface area contributed by atoms with Crippen LogP contribution >= 0.6 is 0 Å². The van der Waals surface area contributed by atoms with E-state index in [2.05, 4.69) is 20.4 Å². The van der Waals surface area contributed by atoms with Crippen molar-refractivity contribution in [2.24, 2.45) is 17.8 Å². The molecule has 1 aliphatic rings. The quantitative estimate of drug-likeness (QED) is 0.681. The number of hydrogen-bond donors (Lipinski definition) is 1. The predicted octanol–water partition coefficient (Wildman–Crippen LogP) is 2.70. The number of aliphatic carboxylic acids is 1. The van der Waals surface area contributed by atoms with Crippen molar-refractivity contribution < 1.29 is 9.90 Å². The van der Waals surface area contributed by atoms with E-state index in [-0.39, 0.29) is 5.92 Å². The maximum atomic E-state index is 10.7. The van der Waals surface area contributed by atoms with Crippen molar-refractivity contribution in [3.05, 3.63) is 12.2 Å². The lowest BCUT2D eigenvalue weighted by Gasteiger charge is -2.16. The van der Waals surface area contributed by atoms with Gasteiger partial charge in [-0.2, -0.15) is 0 Å². The number of allylic oxidation sites excluding steroid dienone is 1. The highest BCUT2D eigenvalue weighted by Gasteiger charge is 2.31. The summed E-state index contributed by atoms with van der Waals surface area (Å²) in [6, 6.07) is 0. The summed E-state index contributed by atoms with van der Waals surface area (Å²) in [6.07, 6.45) is 2.63. The minimum Gasteiger partial charge on any atom is -0.481 e. The molecule has 0 aromatic heterocycles. The van der Waals surface area contributed by atoms with Crippen LogP contribution in [-0.4, -0.2) is 11.1 Å². The van der Waals surface area contributed by atoms with E-state index in [9.17, 15) is 4.79 Å². The topological polar surface area (TPSA) is 37.3 Å². The summed E-state index contributed by atoms with van der Waals surface area (Å²) in [4.78, 5) is 10.7. The minimum absolute atomic E-state index is 0.125. The van der Waals surface area contributed by atoms with Crippen LogP contribution in [0.15, 0.2) is 12.2 Å². The van der Waals surface area contributed by atoms with E-state index in [4.69, 9.17) is 5.11 Å². The lowest BCUT2D eigenvalue weighted by Crippen LogP contribution is -2.11. The Morgan fingerprint density at radius 1 is 1.38 bits per heavy atom. The molecular formula is C11H18O2. The average molecular weight is 182 g/mol. The average Bonchev–Trinajstić information content (AvgIpc) is 2.50. The molecule has 0 heterocycles. The fourth-order valence-electron chi connectivity index (χ4n) is 2.01. The van der Waals surface area contributed by atoms with Gasteiger partial charge in [0.15, 0.2) is 0 Å². The van der Waals surface area contributed by atoms with E-state index in [0.717, 1.165) is 19.3 Å². The summed E-state index contributed by atoms with van der Waals surface area (Å²) in [7, 11) is 0. The summed E-state index contributed by atoms with van der Waals surface area (Å²) in [6.45, 7) is 8.28. The van der Waals surface area contributed by atoms with E-state index in [1.807, 2.05) is 0 Å². The van der Waals surface area contributed by atoms with E-state index in [1.54, 1.807) is 0 Å². The van der Waals surface area contributed by atoms with Gasteiger partial charge in [0.2, 0.25) is 0 Å². The second-order valence-electron chi connectivity index (χ2n) is 4.27. The van der Waals surface area contributed by atoms with Gasteiger partial charge in [0.25, 0.3) is 0 Å². The Kier molecular flexibility index (Phi) is 3.12. The van der Waals surface area contributed by atoms with Crippen molar-refractivity contribution in [1.29, 1.82) is 0 Å². The van der Waals surface area contributed by atoms with Crippen LogP contribution in [0, 0.1) is 17.8 Å². The Hall–Kier alpha value is -0.790. The molecule has 0 amide bonds. The molecule has 13 heavy (non-hydrogen) atoms. The molecule has 0 spiro atoms. The number of carboxylic acid groups (broad SMARTS) is 1. The smallest absolute Gasteiger partial charge is 0.306 e. The molecule has 0 radical (unpaired) electrons. The molecule has 2 unspecified atom stereocenters. The van der Waals surface area contributed by atoms with E-state index in [0.29, 0.717) is 11.8 Å². The molecule has 2 atom stereocenters. The summed E-state index contributed by atoms with van der Waals surface area (Å²) < 4.78 is 0. The second kappa shape index (κ2) is 3.95. The molecule has 2 nitrogen and oxygen atoms in total. The Bertz CT molecular complexity index is 218. The van der Waals surface area contributed by atoms with Gasteiger partial charge in [-0.25, -0.2) is 0 Å². The third-order valence-corrected chi connectivity index (χ3v) is 3.05. The van der Waals surface area contributed by atoms with Gasteiger partial charge in [-0.05, 0) is 31.1 Å². The van der Waals surface area contributed by atoms with Gasteiger partial charge in [-0.1, -0.05) is 26.0 Å². The Labute approximate surface area is 79.6 Å². The monoisotopic (exact) mass is 182 g/mol. The van der Waals surface area contributed by atoms with Gasteiger partial charge in [0.1, 0.15) is 0 Å². The highest BCUT2D eigenvalue weighted by molar-refractivity contribution is 5.70. The van der Waals surface area contributed by atoms with Crippen molar-refractivity contribution in [1.82, 2.24) is 0 Å². The van der Waals surface area contributed by atoms with Gasteiger partial charge in [0, 0.05) is 0 Å². The summed E-state index contributed by atoms with van der Waals surface area (Å²) in [5.74, 6) is 0.165. The van der Waals surface area contributed by atoms with E-state index >= 15 is 0 Å². The van der Waals surface area contributed by atoms with Crippen LogP contribution in [0.25, 0.3) is 0 Å². The van der Waals surface area contributed by atoms with Crippen molar-refractivity contribution in [2.75, 3.05) is 0 Å². The van der Waals surface area contributed by atoms with Crippen LogP contribution in [0.4, 0.5) is 0 Å². The molecule has 1 fully saturated rings. The van der Waals surface area contributed by atoms with Crippen LogP contribution < -0.4 is 0 Å². The Morgan fingerprint density at radius 2 is 1.92 bits per heavy atom. The van der Waals surface area contributed by atoms with Gasteiger partial charge < -0.3 is 5.11 Å². The molecule has 1 N–H and O–H groups in total. The van der Waals surface area contributed by atoms with Gasteiger partial charge in [-0.3, -0.25) is 4.79 Å². The Morgan fingerprint density at radius 3 is 2.31 bits per heavy atom. The first-order valence-electron chi connectivity index (χ1n) is 4.94. The molecule has 1 aliphatic carbocycles. The van der Waals surface area contributed by atoms with Gasteiger partial charge in [-0.15, -0.1) is 0 Å². The fraction of sp³-hybridized carbons (Fsp3) is 0.727. The zero-order chi connectivity index (χ0) is 10.0. The number of carboxylic acids is 1. The first-order chi connectivity index (χ1) is 6.02. The molecule has 74 valence electrons. The SMILES string of the molecule is C=C(C(C)C)C1CCC(C(=O)O)C1. The van der Waals surface area contributed by atoms with E-state index < -0.39 is 5.97 Å². The number of carbonyl (C=O) groups is 1. The summed E-state index contributed by atoms with van der Waals surface area (Å²) in [5.41, 5.74) is 1.23. The van der Waals surface area contributed by atoms with Crippen molar-refractivity contribution in [3.8, 4) is 0 Å². The molecule has 0 bridgehead atoms. The largest absolute Gasteiger partial charge is 0.481 e. The molecule has 2 heteroatoms. The van der Waals surface area contributed by atoms with Crippen LogP contribution in [0.2, 0.25) is 0 Å². The zero-order valence-corrected chi connectivity index (χ0v) is 8.42. The maximum absolute atomic E-state index is 10.7. The molecule has 0 saturated heterocycles. The normalized spacial score (nSPS) is 27.9. The summed E-state index contributed by atoms with van der Waals surface area (Å²) >= 11 is 0. The maximum Gasteiger partial charge on any atom is 0.306 e. The van der Waals surface area contributed by atoms with Crippen molar-refractivity contribution in [3.63, 3.8) is 0 Å². The lowest BCUT2D eigenvalue weighted by molar-refractivity contribution is -0.141. The van der Waals surface area contributed by atoms with Gasteiger partial charge in [0.05, 0.1) is 5.92 Å². The molecular weight excluding hydrogens is 164 g/mol.